The SMILES string of the molecule is Cc1noc(CCC(=O)NC2CCC(=O)NC2)n1. The molecule has 0 aliphatic carbocycles. The Hall–Kier alpha value is -1.92. The van der Waals surface area contributed by atoms with Gasteiger partial charge in [-0.3, -0.25) is 9.59 Å². The Bertz CT molecular complexity index is 433. The van der Waals surface area contributed by atoms with Crippen molar-refractivity contribution in [1.82, 2.24) is 20.8 Å². The maximum absolute atomic E-state index is 11.7. The molecule has 1 saturated heterocycles. The number of piperidine rings is 1. The van der Waals surface area contributed by atoms with E-state index in [1.165, 1.54) is 0 Å². The Morgan fingerprint density at radius 3 is 3.06 bits per heavy atom. The van der Waals surface area contributed by atoms with E-state index in [4.69, 9.17) is 4.52 Å². The summed E-state index contributed by atoms with van der Waals surface area (Å²) in [5.74, 6) is 1.02. The van der Waals surface area contributed by atoms with E-state index in [1.54, 1.807) is 6.92 Å². The van der Waals surface area contributed by atoms with E-state index in [0.717, 1.165) is 0 Å². The summed E-state index contributed by atoms with van der Waals surface area (Å²) in [4.78, 5) is 26.6. The first-order chi connectivity index (χ1) is 8.63. The first kappa shape index (κ1) is 12.5. The van der Waals surface area contributed by atoms with Gasteiger partial charge < -0.3 is 15.2 Å². The number of hydrogen-bond donors (Lipinski definition) is 2. The number of nitrogens with zero attached hydrogens (tertiary/aromatic N) is 2. The molecule has 0 radical (unpaired) electrons. The van der Waals surface area contributed by atoms with E-state index in [2.05, 4.69) is 20.8 Å². The molecule has 0 bridgehead atoms. The fourth-order valence-corrected chi connectivity index (χ4v) is 1.82. The monoisotopic (exact) mass is 252 g/mol. The average molecular weight is 252 g/mol. The molecule has 1 unspecified atom stereocenters. The zero-order valence-electron chi connectivity index (χ0n) is 10.2. The zero-order valence-corrected chi connectivity index (χ0v) is 10.2. The van der Waals surface area contributed by atoms with Crippen LogP contribution >= 0.6 is 0 Å². The van der Waals surface area contributed by atoms with Crippen LogP contribution in [0.25, 0.3) is 0 Å². The van der Waals surface area contributed by atoms with Crippen LogP contribution < -0.4 is 10.6 Å². The van der Waals surface area contributed by atoms with Gasteiger partial charge in [0, 0.05) is 31.8 Å². The Kier molecular flexibility index (Phi) is 3.91. The summed E-state index contributed by atoms with van der Waals surface area (Å²) in [7, 11) is 0. The Balaban J connectivity index is 1.70. The molecule has 2 heterocycles. The molecule has 0 aromatic carbocycles. The van der Waals surface area contributed by atoms with Crippen molar-refractivity contribution in [2.24, 2.45) is 0 Å². The number of carbonyl (C=O) groups is 2. The van der Waals surface area contributed by atoms with Crippen LogP contribution in [-0.2, 0) is 16.0 Å². The highest BCUT2D eigenvalue weighted by Gasteiger charge is 2.19. The highest BCUT2D eigenvalue weighted by Crippen LogP contribution is 2.04. The summed E-state index contributed by atoms with van der Waals surface area (Å²) in [6.45, 7) is 2.24. The van der Waals surface area contributed by atoms with E-state index in [-0.39, 0.29) is 17.9 Å². The van der Waals surface area contributed by atoms with Gasteiger partial charge in [0.05, 0.1) is 0 Å². The molecule has 18 heavy (non-hydrogen) atoms. The molecule has 1 aromatic heterocycles. The van der Waals surface area contributed by atoms with Crippen LogP contribution in [0.1, 0.15) is 31.0 Å². The molecule has 1 aliphatic heterocycles. The molecular formula is C11H16N4O3. The van der Waals surface area contributed by atoms with Gasteiger partial charge in [-0.2, -0.15) is 4.98 Å². The van der Waals surface area contributed by atoms with Crippen molar-refractivity contribution in [3.8, 4) is 0 Å². The summed E-state index contributed by atoms with van der Waals surface area (Å²) in [5.41, 5.74) is 0. The van der Waals surface area contributed by atoms with Crippen molar-refractivity contribution < 1.29 is 14.1 Å². The van der Waals surface area contributed by atoms with Crippen LogP contribution in [0.3, 0.4) is 0 Å². The van der Waals surface area contributed by atoms with Crippen LogP contribution in [0.15, 0.2) is 4.52 Å². The molecule has 2 rings (SSSR count). The first-order valence-electron chi connectivity index (χ1n) is 5.99. The number of hydrogen-bond acceptors (Lipinski definition) is 5. The standard InChI is InChI=1S/C11H16N4O3/c1-7-13-11(18-15-7)5-4-10(17)14-8-2-3-9(16)12-6-8/h8H,2-6H2,1H3,(H,12,16)(H,14,17). The van der Waals surface area contributed by atoms with Crippen LogP contribution in [0.2, 0.25) is 0 Å². The lowest BCUT2D eigenvalue weighted by atomic mass is 10.1. The molecule has 7 heteroatoms. The molecule has 1 aliphatic rings. The molecule has 2 amide bonds. The van der Waals surface area contributed by atoms with Crippen molar-refractivity contribution >= 4 is 11.8 Å². The van der Waals surface area contributed by atoms with Crippen molar-refractivity contribution in [2.45, 2.75) is 38.6 Å². The Labute approximate surface area is 104 Å². The van der Waals surface area contributed by atoms with Gasteiger partial charge in [0.25, 0.3) is 0 Å². The van der Waals surface area contributed by atoms with E-state index < -0.39 is 0 Å². The lowest BCUT2D eigenvalue weighted by molar-refractivity contribution is -0.125. The van der Waals surface area contributed by atoms with Crippen LogP contribution in [0.5, 0.6) is 0 Å². The normalized spacial score (nSPS) is 19.4. The third-order valence-electron chi connectivity index (χ3n) is 2.77. The second-order valence-electron chi connectivity index (χ2n) is 4.34. The van der Waals surface area contributed by atoms with Gasteiger partial charge in [-0.05, 0) is 13.3 Å². The van der Waals surface area contributed by atoms with E-state index >= 15 is 0 Å². The topological polar surface area (TPSA) is 97.1 Å². The van der Waals surface area contributed by atoms with Gasteiger partial charge >= 0.3 is 0 Å². The summed E-state index contributed by atoms with van der Waals surface area (Å²) in [5, 5.41) is 9.25. The first-order valence-corrected chi connectivity index (χ1v) is 5.99. The average Bonchev–Trinajstić information content (AvgIpc) is 2.76. The van der Waals surface area contributed by atoms with Crippen molar-refractivity contribution in [3.63, 3.8) is 0 Å². The maximum atomic E-state index is 11.7. The summed E-state index contributed by atoms with van der Waals surface area (Å²) in [6.07, 6.45) is 1.91. The van der Waals surface area contributed by atoms with Gasteiger partial charge in [0.2, 0.25) is 17.7 Å². The minimum atomic E-state index is -0.0630. The van der Waals surface area contributed by atoms with Gasteiger partial charge in [-0.1, -0.05) is 5.16 Å². The minimum absolute atomic E-state index is 0.0274. The van der Waals surface area contributed by atoms with Crippen LogP contribution in [0, 0.1) is 6.92 Å². The summed E-state index contributed by atoms with van der Waals surface area (Å²) >= 11 is 0. The number of amides is 2. The number of aryl methyl sites for hydroxylation is 2. The fourth-order valence-electron chi connectivity index (χ4n) is 1.82. The lowest BCUT2D eigenvalue weighted by Gasteiger charge is -2.23. The quantitative estimate of drug-likeness (QED) is 0.767. The zero-order chi connectivity index (χ0) is 13.0. The van der Waals surface area contributed by atoms with Crippen molar-refractivity contribution in [2.75, 3.05) is 6.54 Å². The second kappa shape index (κ2) is 5.61. The number of aromatic nitrogens is 2. The summed E-state index contributed by atoms with van der Waals surface area (Å²) in [6, 6.07) is 0.0274. The molecule has 98 valence electrons. The molecule has 7 nitrogen and oxygen atoms in total. The van der Waals surface area contributed by atoms with Crippen molar-refractivity contribution in [3.05, 3.63) is 11.7 Å². The second-order valence-corrected chi connectivity index (χ2v) is 4.34. The Morgan fingerprint density at radius 2 is 2.44 bits per heavy atom. The van der Waals surface area contributed by atoms with Crippen molar-refractivity contribution in [1.29, 1.82) is 0 Å². The molecule has 1 aromatic rings. The molecule has 0 saturated carbocycles. The minimum Gasteiger partial charge on any atom is -0.354 e. The smallest absolute Gasteiger partial charge is 0.227 e. The van der Waals surface area contributed by atoms with Gasteiger partial charge in [0.15, 0.2) is 5.82 Å². The predicted octanol–water partition coefficient (Wildman–Crippen LogP) is -0.295. The molecule has 2 N–H and O–H groups in total. The van der Waals surface area contributed by atoms with E-state index in [9.17, 15) is 9.59 Å². The Morgan fingerprint density at radius 1 is 1.61 bits per heavy atom. The van der Waals surface area contributed by atoms with E-state index in [0.29, 0.717) is 43.9 Å². The van der Waals surface area contributed by atoms with Gasteiger partial charge in [0.1, 0.15) is 0 Å². The molecular weight excluding hydrogens is 236 g/mol. The molecule has 1 fully saturated rings. The fraction of sp³-hybridized carbons (Fsp3) is 0.636. The van der Waals surface area contributed by atoms with E-state index in [1.807, 2.05) is 0 Å². The highest BCUT2D eigenvalue weighted by molar-refractivity contribution is 5.79. The number of nitrogens with one attached hydrogen (secondary N) is 2. The number of rotatable bonds is 4. The molecule has 0 spiro atoms. The lowest BCUT2D eigenvalue weighted by Crippen LogP contribution is -2.47. The third-order valence-corrected chi connectivity index (χ3v) is 2.77. The van der Waals surface area contributed by atoms with Gasteiger partial charge in [-0.15, -0.1) is 0 Å². The highest BCUT2D eigenvalue weighted by atomic mass is 16.5. The third kappa shape index (κ3) is 3.54. The predicted molar refractivity (Wildman–Crippen MR) is 61.5 cm³/mol. The molecule has 1 atom stereocenters. The largest absolute Gasteiger partial charge is 0.354 e. The van der Waals surface area contributed by atoms with Crippen LogP contribution in [-0.4, -0.2) is 34.5 Å². The maximum Gasteiger partial charge on any atom is 0.227 e. The summed E-state index contributed by atoms with van der Waals surface area (Å²) < 4.78 is 4.92. The van der Waals surface area contributed by atoms with Crippen LogP contribution in [0.4, 0.5) is 0 Å². The number of carbonyl (C=O) groups excluding carboxylic acids is 2. The van der Waals surface area contributed by atoms with Gasteiger partial charge in [-0.25, -0.2) is 0 Å².